The molecule has 2 aromatic rings. The van der Waals surface area contributed by atoms with Gasteiger partial charge in [-0.2, -0.15) is 0 Å². The minimum Gasteiger partial charge on any atom is -0.465 e. The molecule has 24 heavy (non-hydrogen) atoms. The Bertz CT molecular complexity index is 805. The van der Waals surface area contributed by atoms with E-state index in [4.69, 9.17) is 9.47 Å². The third kappa shape index (κ3) is 3.56. The Morgan fingerprint density at radius 3 is 2.42 bits per heavy atom. The Hall–Kier alpha value is -2.02. The number of esters is 1. The highest BCUT2D eigenvalue weighted by Crippen LogP contribution is 2.33. The van der Waals surface area contributed by atoms with Gasteiger partial charge < -0.3 is 14.0 Å². The summed E-state index contributed by atoms with van der Waals surface area (Å²) < 4.78 is 12.8. The van der Waals surface area contributed by atoms with Crippen LogP contribution in [-0.2, 0) is 16.5 Å². The molecule has 1 amide bonds. The van der Waals surface area contributed by atoms with E-state index in [1.807, 2.05) is 38.5 Å². The fraction of sp³-hybridized carbons (Fsp3) is 0.412. The number of hydrogen-bond donors (Lipinski definition) is 0. The first-order chi connectivity index (χ1) is 11.0. The Kier molecular flexibility index (Phi) is 4.94. The van der Waals surface area contributed by atoms with Crippen molar-refractivity contribution < 1.29 is 19.1 Å². The molecule has 0 saturated heterocycles. The molecule has 0 atom stereocenters. The Balaban J connectivity index is 2.53. The molecule has 0 aliphatic rings. The highest BCUT2D eigenvalue weighted by Gasteiger charge is 2.23. The minimum absolute atomic E-state index is 0.426. The van der Waals surface area contributed by atoms with Gasteiger partial charge >= 0.3 is 12.1 Å². The van der Waals surface area contributed by atoms with E-state index < -0.39 is 17.7 Å². The number of benzene rings is 1. The van der Waals surface area contributed by atoms with Crippen molar-refractivity contribution in [2.24, 2.45) is 7.05 Å². The van der Waals surface area contributed by atoms with E-state index >= 15 is 0 Å². The zero-order valence-electron chi connectivity index (χ0n) is 14.6. The van der Waals surface area contributed by atoms with E-state index in [0.29, 0.717) is 16.6 Å². The lowest BCUT2D eigenvalue weighted by atomic mass is 10.1. The smallest absolute Gasteiger partial charge is 0.414 e. The first-order valence-corrected chi connectivity index (χ1v) is 8.18. The SMILES string of the molecule is COC(=O)c1cn(C)c2c(Br)cc(N(C)C(=O)OC(C)(C)C)cc12. The van der Waals surface area contributed by atoms with Crippen molar-refractivity contribution in [1.29, 1.82) is 0 Å². The molecule has 0 saturated carbocycles. The summed E-state index contributed by atoms with van der Waals surface area (Å²) in [5, 5.41) is 0.698. The van der Waals surface area contributed by atoms with E-state index in [-0.39, 0.29) is 0 Å². The lowest BCUT2D eigenvalue weighted by Crippen LogP contribution is -2.34. The summed E-state index contributed by atoms with van der Waals surface area (Å²) in [4.78, 5) is 25.7. The number of aromatic nitrogens is 1. The lowest BCUT2D eigenvalue weighted by Gasteiger charge is -2.25. The summed E-state index contributed by atoms with van der Waals surface area (Å²) in [6.07, 6.45) is 1.24. The van der Waals surface area contributed by atoms with Gasteiger partial charge in [0.05, 0.1) is 18.2 Å². The topological polar surface area (TPSA) is 60.8 Å². The number of carbonyl (C=O) groups excluding carboxylic acids is 2. The van der Waals surface area contributed by atoms with E-state index in [9.17, 15) is 9.59 Å². The van der Waals surface area contributed by atoms with Gasteiger partial charge in [-0.1, -0.05) is 0 Å². The van der Waals surface area contributed by atoms with E-state index in [0.717, 1.165) is 9.99 Å². The average Bonchev–Trinajstić information content (AvgIpc) is 2.81. The summed E-state index contributed by atoms with van der Waals surface area (Å²) in [5.74, 6) is -0.426. The Morgan fingerprint density at radius 2 is 1.88 bits per heavy atom. The number of nitrogens with zero attached hydrogens (tertiary/aromatic N) is 2. The second-order valence-electron chi connectivity index (χ2n) is 6.51. The largest absolute Gasteiger partial charge is 0.465 e. The summed E-state index contributed by atoms with van der Waals surface area (Å²) in [5.41, 5.74) is 1.31. The number of rotatable bonds is 2. The quantitative estimate of drug-likeness (QED) is 0.716. The van der Waals surface area contributed by atoms with Gasteiger partial charge in [0, 0.05) is 35.8 Å². The van der Waals surface area contributed by atoms with Crippen LogP contribution in [0, 0.1) is 0 Å². The molecule has 0 aliphatic heterocycles. The summed E-state index contributed by atoms with van der Waals surface area (Å²) in [7, 11) is 4.81. The van der Waals surface area contributed by atoms with Gasteiger partial charge in [-0.3, -0.25) is 4.90 Å². The molecule has 0 unspecified atom stereocenters. The molecule has 0 aliphatic carbocycles. The summed E-state index contributed by atoms with van der Waals surface area (Å²) >= 11 is 3.51. The number of ether oxygens (including phenoxy) is 2. The molecule has 6 nitrogen and oxygen atoms in total. The average molecular weight is 397 g/mol. The molecule has 130 valence electrons. The number of halogens is 1. The van der Waals surface area contributed by atoms with E-state index in [1.165, 1.54) is 12.0 Å². The number of methoxy groups -OCH3 is 1. The molecule has 1 aromatic heterocycles. The number of amides is 1. The molecule has 0 fully saturated rings. The predicted octanol–water partition coefficient (Wildman–Crippen LogP) is 4.10. The Labute approximate surface area is 149 Å². The van der Waals surface area contributed by atoms with Crippen LogP contribution in [0.3, 0.4) is 0 Å². The van der Waals surface area contributed by atoms with Crippen LogP contribution < -0.4 is 4.90 Å². The highest BCUT2D eigenvalue weighted by molar-refractivity contribution is 9.10. The van der Waals surface area contributed by atoms with E-state index in [2.05, 4.69) is 15.9 Å². The van der Waals surface area contributed by atoms with Crippen LogP contribution in [0.15, 0.2) is 22.8 Å². The van der Waals surface area contributed by atoms with Crippen molar-refractivity contribution in [2.75, 3.05) is 19.1 Å². The molecule has 0 spiro atoms. The maximum Gasteiger partial charge on any atom is 0.414 e. The van der Waals surface area contributed by atoms with Gasteiger partial charge in [0.2, 0.25) is 0 Å². The van der Waals surface area contributed by atoms with E-state index in [1.54, 1.807) is 19.3 Å². The second-order valence-corrected chi connectivity index (χ2v) is 7.36. The van der Waals surface area contributed by atoms with Crippen LogP contribution in [0.4, 0.5) is 10.5 Å². The molecular formula is C17H21BrN2O4. The third-order valence-electron chi connectivity index (χ3n) is 3.47. The first-order valence-electron chi connectivity index (χ1n) is 7.38. The number of fused-ring (bicyclic) bond motifs is 1. The number of hydrogen-bond acceptors (Lipinski definition) is 4. The number of aryl methyl sites for hydroxylation is 1. The van der Waals surface area contributed by atoms with Gasteiger partial charge in [0.1, 0.15) is 5.60 Å². The lowest BCUT2D eigenvalue weighted by molar-refractivity contribution is 0.0585. The fourth-order valence-corrected chi connectivity index (χ4v) is 3.11. The van der Waals surface area contributed by atoms with Crippen molar-refractivity contribution in [2.45, 2.75) is 26.4 Å². The molecule has 2 rings (SSSR count). The third-order valence-corrected chi connectivity index (χ3v) is 4.08. The van der Waals surface area contributed by atoms with Crippen LogP contribution in [-0.4, -0.2) is 36.4 Å². The van der Waals surface area contributed by atoms with Gasteiger partial charge in [-0.05, 0) is 48.8 Å². The van der Waals surface area contributed by atoms with Crippen molar-refractivity contribution in [3.8, 4) is 0 Å². The van der Waals surface area contributed by atoms with Crippen LogP contribution in [0.5, 0.6) is 0 Å². The monoisotopic (exact) mass is 396 g/mol. The highest BCUT2D eigenvalue weighted by atomic mass is 79.9. The van der Waals surface area contributed by atoms with Gasteiger partial charge in [-0.15, -0.1) is 0 Å². The summed E-state index contributed by atoms with van der Waals surface area (Å²) in [6.45, 7) is 5.43. The fourth-order valence-electron chi connectivity index (χ4n) is 2.38. The predicted molar refractivity (Wildman–Crippen MR) is 96.6 cm³/mol. The Morgan fingerprint density at radius 1 is 1.25 bits per heavy atom. The molecule has 0 radical (unpaired) electrons. The molecule has 0 N–H and O–H groups in total. The molecule has 1 aromatic carbocycles. The molecule has 1 heterocycles. The first kappa shape index (κ1) is 18.3. The van der Waals surface area contributed by atoms with Crippen LogP contribution in [0.2, 0.25) is 0 Å². The van der Waals surface area contributed by atoms with Crippen molar-refractivity contribution in [3.05, 3.63) is 28.4 Å². The van der Waals surface area contributed by atoms with Gasteiger partial charge in [-0.25, -0.2) is 9.59 Å². The number of anilines is 1. The van der Waals surface area contributed by atoms with Crippen LogP contribution in [0.1, 0.15) is 31.1 Å². The van der Waals surface area contributed by atoms with Gasteiger partial charge in [0.15, 0.2) is 0 Å². The van der Waals surface area contributed by atoms with Gasteiger partial charge in [0.25, 0.3) is 0 Å². The van der Waals surface area contributed by atoms with Crippen molar-refractivity contribution >= 4 is 44.6 Å². The zero-order valence-corrected chi connectivity index (χ0v) is 16.2. The second kappa shape index (κ2) is 6.47. The van der Waals surface area contributed by atoms with Crippen molar-refractivity contribution in [3.63, 3.8) is 0 Å². The van der Waals surface area contributed by atoms with Crippen LogP contribution in [0.25, 0.3) is 10.9 Å². The summed E-state index contributed by atoms with van der Waals surface area (Å²) in [6, 6.07) is 3.59. The molecular weight excluding hydrogens is 376 g/mol. The minimum atomic E-state index is -0.587. The maximum atomic E-state index is 12.3. The normalized spacial score (nSPS) is 11.5. The standard InChI is InChI=1S/C17H21BrN2O4/c1-17(2,3)24-16(22)20(5)10-7-11-12(15(21)23-6)9-19(4)14(11)13(18)8-10/h7-9H,1-6H3. The molecule has 7 heteroatoms. The van der Waals surface area contributed by atoms with Crippen molar-refractivity contribution in [1.82, 2.24) is 4.57 Å². The zero-order chi connectivity index (χ0) is 18.2. The molecule has 0 bridgehead atoms. The van der Waals surface area contributed by atoms with Crippen LogP contribution >= 0.6 is 15.9 Å². The number of carbonyl (C=O) groups is 2. The maximum absolute atomic E-state index is 12.3.